The highest BCUT2D eigenvalue weighted by molar-refractivity contribution is 6.31. The monoisotopic (exact) mass is 318 g/mol. The molecule has 0 atom stereocenters. The van der Waals surface area contributed by atoms with Gasteiger partial charge in [0.1, 0.15) is 0 Å². The van der Waals surface area contributed by atoms with E-state index in [4.69, 9.17) is 11.6 Å². The van der Waals surface area contributed by atoms with Gasteiger partial charge in [-0.1, -0.05) is 17.7 Å². The van der Waals surface area contributed by atoms with Crippen LogP contribution in [0.2, 0.25) is 5.02 Å². The first-order valence-corrected chi connectivity index (χ1v) is 6.90. The van der Waals surface area contributed by atoms with Crippen molar-refractivity contribution in [1.82, 2.24) is 0 Å². The van der Waals surface area contributed by atoms with Crippen molar-refractivity contribution >= 4 is 35.0 Å². The molecule has 2 aromatic rings. The summed E-state index contributed by atoms with van der Waals surface area (Å²) in [5.41, 5.74) is 2.40. The molecule has 0 aliphatic carbocycles. The van der Waals surface area contributed by atoms with Gasteiger partial charge in [-0.15, -0.1) is 0 Å². The quantitative estimate of drug-likeness (QED) is 0.838. The largest absolute Gasteiger partial charge is 0.465 e. The minimum atomic E-state index is -0.425. The summed E-state index contributed by atoms with van der Waals surface area (Å²) in [4.78, 5) is 23.3. The van der Waals surface area contributed by atoms with Crippen LogP contribution in [-0.2, 0) is 4.74 Å². The highest BCUT2D eigenvalue weighted by atomic mass is 35.5. The molecule has 0 aliphatic rings. The van der Waals surface area contributed by atoms with Crippen LogP contribution in [0.15, 0.2) is 42.5 Å². The molecule has 0 saturated carbocycles. The molecule has 0 heterocycles. The number of anilines is 2. The normalized spacial score (nSPS) is 9.95. The lowest BCUT2D eigenvalue weighted by molar-refractivity contribution is 0.0601. The molecule has 0 radical (unpaired) electrons. The average Bonchev–Trinajstić information content (AvgIpc) is 2.52. The standard InChI is InChI=1S/C16H15ClN2O3/c1-10-13(17)4-3-5-14(10)19-16(21)18-12-8-6-11(7-9-12)15(20)22-2/h3-9H,1-2H3,(H2,18,19,21). The van der Waals surface area contributed by atoms with Crippen LogP contribution >= 0.6 is 11.6 Å². The number of amides is 2. The molecule has 0 fully saturated rings. The maximum atomic E-state index is 12.0. The van der Waals surface area contributed by atoms with Crippen molar-refractivity contribution in [3.8, 4) is 0 Å². The molecule has 2 amide bonds. The van der Waals surface area contributed by atoms with Gasteiger partial charge in [0.25, 0.3) is 0 Å². The predicted octanol–water partition coefficient (Wildman–Crippen LogP) is 4.08. The summed E-state index contributed by atoms with van der Waals surface area (Å²) in [7, 11) is 1.31. The summed E-state index contributed by atoms with van der Waals surface area (Å²) in [6.45, 7) is 1.82. The van der Waals surface area contributed by atoms with E-state index in [1.165, 1.54) is 7.11 Å². The number of esters is 1. The maximum absolute atomic E-state index is 12.0. The zero-order chi connectivity index (χ0) is 16.1. The van der Waals surface area contributed by atoms with Gasteiger partial charge >= 0.3 is 12.0 Å². The number of carbonyl (C=O) groups excluding carboxylic acids is 2. The molecule has 2 rings (SSSR count). The summed E-state index contributed by atoms with van der Waals surface area (Å²) >= 11 is 6.00. The summed E-state index contributed by atoms with van der Waals surface area (Å²) in [6, 6.07) is 11.3. The Morgan fingerprint density at radius 2 is 1.73 bits per heavy atom. The Hall–Kier alpha value is -2.53. The molecule has 0 saturated heterocycles. The second-order valence-corrected chi connectivity index (χ2v) is 4.97. The van der Waals surface area contributed by atoms with Crippen LogP contribution in [0, 0.1) is 6.92 Å². The van der Waals surface area contributed by atoms with E-state index in [-0.39, 0.29) is 0 Å². The molecule has 0 bridgehead atoms. The van der Waals surface area contributed by atoms with Gasteiger partial charge in [-0.2, -0.15) is 0 Å². The third kappa shape index (κ3) is 3.77. The number of nitrogens with one attached hydrogen (secondary N) is 2. The van der Waals surface area contributed by atoms with Gasteiger partial charge in [-0.05, 0) is 48.9 Å². The Morgan fingerprint density at radius 1 is 1.05 bits per heavy atom. The predicted molar refractivity (Wildman–Crippen MR) is 86.6 cm³/mol. The SMILES string of the molecule is COC(=O)c1ccc(NC(=O)Nc2cccc(Cl)c2C)cc1. The summed E-state index contributed by atoms with van der Waals surface area (Å²) in [5, 5.41) is 5.98. The van der Waals surface area contributed by atoms with Crippen LogP contribution in [0.25, 0.3) is 0 Å². The topological polar surface area (TPSA) is 67.4 Å². The molecule has 0 aliphatic heterocycles. The number of halogens is 1. The number of ether oxygens (including phenoxy) is 1. The molecule has 114 valence electrons. The number of methoxy groups -OCH3 is 1. The third-order valence-corrected chi connectivity index (χ3v) is 3.49. The van der Waals surface area contributed by atoms with Crippen LogP contribution in [0.3, 0.4) is 0 Å². The molecule has 0 unspecified atom stereocenters. The molecular weight excluding hydrogens is 304 g/mol. The molecule has 0 aromatic heterocycles. The van der Waals surface area contributed by atoms with E-state index in [9.17, 15) is 9.59 Å². The fourth-order valence-corrected chi connectivity index (χ4v) is 2.01. The van der Waals surface area contributed by atoms with Crippen molar-refractivity contribution in [3.63, 3.8) is 0 Å². The molecule has 22 heavy (non-hydrogen) atoms. The molecule has 0 spiro atoms. The zero-order valence-corrected chi connectivity index (χ0v) is 12.9. The van der Waals surface area contributed by atoms with Crippen molar-refractivity contribution in [1.29, 1.82) is 0 Å². The number of hydrogen-bond acceptors (Lipinski definition) is 3. The minimum absolute atomic E-state index is 0.392. The van der Waals surface area contributed by atoms with E-state index in [0.717, 1.165) is 5.56 Å². The first kappa shape index (κ1) is 15.9. The fourth-order valence-electron chi connectivity index (χ4n) is 1.84. The van der Waals surface area contributed by atoms with E-state index < -0.39 is 12.0 Å². The lowest BCUT2D eigenvalue weighted by Gasteiger charge is -2.11. The lowest BCUT2D eigenvalue weighted by Crippen LogP contribution is -2.20. The van der Waals surface area contributed by atoms with Crippen molar-refractivity contribution in [2.24, 2.45) is 0 Å². The van der Waals surface area contributed by atoms with Gasteiger partial charge in [-0.3, -0.25) is 0 Å². The Kier molecular flexibility index (Phi) is 5.01. The van der Waals surface area contributed by atoms with E-state index >= 15 is 0 Å². The van der Waals surface area contributed by atoms with Crippen LogP contribution in [0.5, 0.6) is 0 Å². The van der Waals surface area contributed by atoms with E-state index in [0.29, 0.717) is 22.0 Å². The first-order chi connectivity index (χ1) is 10.5. The first-order valence-electron chi connectivity index (χ1n) is 6.52. The third-order valence-electron chi connectivity index (χ3n) is 3.08. The highest BCUT2D eigenvalue weighted by Gasteiger charge is 2.08. The number of hydrogen-bond donors (Lipinski definition) is 2. The number of carbonyl (C=O) groups is 2. The Labute approximate surface area is 133 Å². The summed E-state index contributed by atoms with van der Waals surface area (Å²) in [5.74, 6) is -0.425. The number of urea groups is 1. The molecular formula is C16H15ClN2O3. The summed E-state index contributed by atoms with van der Waals surface area (Å²) in [6.07, 6.45) is 0. The average molecular weight is 319 g/mol. The van der Waals surface area contributed by atoms with Gasteiger partial charge in [0, 0.05) is 16.4 Å². The lowest BCUT2D eigenvalue weighted by atomic mass is 10.2. The number of rotatable bonds is 3. The van der Waals surface area contributed by atoms with Crippen LogP contribution in [0.1, 0.15) is 15.9 Å². The smallest absolute Gasteiger partial charge is 0.337 e. The Bertz CT molecular complexity index is 699. The van der Waals surface area contributed by atoms with Crippen LogP contribution in [-0.4, -0.2) is 19.1 Å². The van der Waals surface area contributed by atoms with Crippen LogP contribution < -0.4 is 10.6 Å². The molecule has 5 nitrogen and oxygen atoms in total. The Morgan fingerprint density at radius 3 is 2.36 bits per heavy atom. The van der Waals surface area contributed by atoms with Crippen LogP contribution in [0.4, 0.5) is 16.2 Å². The van der Waals surface area contributed by atoms with Crippen molar-refractivity contribution in [2.45, 2.75) is 6.92 Å². The molecule has 2 aromatic carbocycles. The van der Waals surface area contributed by atoms with E-state index in [1.807, 2.05) is 6.92 Å². The second-order valence-electron chi connectivity index (χ2n) is 4.56. The minimum Gasteiger partial charge on any atom is -0.465 e. The van der Waals surface area contributed by atoms with E-state index in [1.54, 1.807) is 42.5 Å². The van der Waals surface area contributed by atoms with Crippen molar-refractivity contribution in [3.05, 3.63) is 58.6 Å². The van der Waals surface area contributed by atoms with Gasteiger partial charge in [0.05, 0.1) is 12.7 Å². The van der Waals surface area contributed by atoms with E-state index in [2.05, 4.69) is 15.4 Å². The van der Waals surface area contributed by atoms with Crippen molar-refractivity contribution in [2.75, 3.05) is 17.7 Å². The maximum Gasteiger partial charge on any atom is 0.337 e. The number of benzene rings is 2. The van der Waals surface area contributed by atoms with Gasteiger partial charge in [0.15, 0.2) is 0 Å². The second kappa shape index (κ2) is 6.95. The molecule has 2 N–H and O–H groups in total. The van der Waals surface area contributed by atoms with Gasteiger partial charge in [-0.25, -0.2) is 9.59 Å². The highest BCUT2D eigenvalue weighted by Crippen LogP contribution is 2.23. The fraction of sp³-hybridized carbons (Fsp3) is 0.125. The zero-order valence-electron chi connectivity index (χ0n) is 12.1. The summed E-state index contributed by atoms with van der Waals surface area (Å²) < 4.78 is 4.61. The Balaban J connectivity index is 2.03. The van der Waals surface area contributed by atoms with Gasteiger partial charge in [0.2, 0.25) is 0 Å². The van der Waals surface area contributed by atoms with Gasteiger partial charge < -0.3 is 15.4 Å². The van der Waals surface area contributed by atoms with Crippen molar-refractivity contribution < 1.29 is 14.3 Å². The molecule has 6 heteroatoms.